The second-order valence-electron chi connectivity index (χ2n) is 2.66. The largest absolute Gasteiger partial charge is 0.327 e. The summed E-state index contributed by atoms with van der Waals surface area (Å²) >= 11 is 0. The zero-order chi connectivity index (χ0) is 7.56. The van der Waals surface area contributed by atoms with Crippen molar-refractivity contribution >= 4 is 5.91 Å². The van der Waals surface area contributed by atoms with E-state index >= 15 is 0 Å². The number of likely N-dealkylation sites (tertiary alicyclic amines) is 1. The summed E-state index contributed by atoms with van der Waals surface area (Å²) in [5.41, 5.74) is 0. The Morgan fingerprint density at radius 3 is 2.80 bits per heavy atom. The third-order valence-electron chi connectivity index (χ3n) is 1.99. The smallest absolute Gasteiger partial charge is 0.220 e. The number of amides is 1. The van der Waals surface area contributed by atoms with Crippen LogP contribution in [0.5, 0.6) is 0 Å². The lowest BCUT2D eigenvalue weighted by molar-refractivity contribution is -0.130. The monoisotopic (exact) mass is 142 g/mol. The summed E-state index contributed by atoms with van der Waals surface area (Å²) in [7, 11) is 1.89. The fraction of sp³-hybridized carbons (Fsp3) is 0.857. The zero-order valence-corrected chi connectivity index (χ0v) is 6.55. The van der Waals surface area contributed by atoms with E-state index in [1.165, 1.54) is 0 Å². The fourth-order valence-corrected chi connectivity index (χ4v) is 1.44. The van der Waals surface area contributed by atoms with Gasteiger partial charge < -0.3 is 10.2 Å². The first kappa shape index (κ1) is 7.54. The van der Waals surface area contributed by atoms with Gasteiger partial charge in [-0.3, -0.25) is 4.79 Å². The predicted octanol–water partition coefficient (Wildman–Crippen LogP) is 0.174. The molecule has 0 radical (unpaired) electrons. The Hall–Kier alpha value is -0.570. The summed E-state index contributed by atoms with van der Waals surface area (Å²) in [5.74, 6) is 0.178. The van der Waals surface area contributed by atoms with E-state index in [9.17, 15) is 4.79 Å². The summed E-state index contributed by atoms with van der Waals surface area (Å²) in [6.07, 6.45) is 2.51. The quantitative estimate of drug-likeness (QED) is 0.566. The van der Waals surface area contributed by atoms with E-state index in [1.807, 2.05) is 11.9 Å². The van der Waals surface area contributed by atoms with Crippen molar-refractivity contribution in [3.05, 3.63) is 0 Å². The molecule has 3 nitrogen and oxygen atoms in total. The topological polar surface area (TPSA) is 32.3 Å². The van der Waals surface area contributed by atoms with Crippen molar-refractivity contribution in [1.82, 2.24) is 10.2 Å². The van der Waals surface area contributed by atoms with Crippen LogP contribution in [-0.4, -0.2) is 30.6 Å². The number of hydrogen-bond donors (Lipinski definition) is 1. The van der Waals surface area contributed by atoms with Crippen LogP contribution in [-0.2, 0) is 4.79 Å². The van der Waals surface area contributed by atoms with Gasteiger partial charge in [-0.2, -0.15) is 0 Å². The molecule has 1 saturated heterocycles. The lowest BCUT2D eigenvalue weighted by atomic mass is 10.3. The molecule has 0 aromatic heterocycles. The van der Waals surface area contributed by atoms with Crippen LogP contribution in [0.15, 0.2) is 0 Å². The molecule has 1 rings (SSSR count). The third kappa shape index (κ3) is 1.29. The second kappa shape index (κ2) is 3.01. The minimum absolute atomic E-state index is 0.178. The van der Waals surface area contributed by atoms with Gasteiger partial charge >= 0.3 is 0 Å². The van der Waals surface area contributed by atoms with E-state index in [4.69, 9.17) is 0 Å². The van der Waals surface area contributed by atoms with Gasteiger partial charge in [0, 0.05) is 13.5 Å². The highest BCUT2D eigenvalue weighted by Gasteiger charge is 2.24. The highest BCUT2D eigenvalue weighted by molar-refractivity contribution is 5.73. The molecular formula is C7H14N2O. The maximum absolute atomic E-state index is 10.9. The van der Waals surface area contributed by atoms with Gasteiger partial charge in [0.25, 0.3) is 0 Å². The van der Waals surface area contributed by atoms with Gasteiger partial charge in [-0.15, -0.1) is 0 Å². The normalized spacial score (nSPS) is 25.4. The Morgan fingerprint density at radius 2 is 2.40 bits per heavy atom. The first-order valence-electron chi connectivity index (χ1n) is 3.70. The molecule has 0 aliphatic carbocycles. The first-order chi connectivity index (χ1) is 4.75. The molecule has 10 heavy (non-hydrogen) atoms. The molecule has 0 saturated carbocycles. The summed E-state index contributed by atoms with van der Waals surface area (Å²) in [6, 6.07) is 0. The summed E-state index contributed by atoms with van der Waals surface area (Å²) in [4.78, 5) is 12.8. The lowest BCUT2D eigenvalue weighted by Gasteiger charge is -2.22. The summed E-state index contributed by atoms with van der Waals surface area (Å²) < 4.78 is 0. The van der Waals surface area contributed by atoms with Crippen LogP contribution < -0.4 is 5.32 Å². The molecule has 1 aliphatic rings. The maximum atomic E-state index is 10.9. The van der Waals surface area contributed by atoms with E-state index in [0.29, 0.717) is 0 Å². The van der Waals surface area contributed by atoms with Gasteiger partial charge in [0.2, 0.25) is 5.91 Å². The molecule has 1 aliphatic heterocycles. The molecule has 58 valence electrons. The van der Waals surface area contributed by atoms with Gasteiger partial charge in [-0.1, -0.05) is 0 Å². The number of carbonyl (C=O) groups excluding carboxylic acids is 1. The van der Waals surface area contributed by atoms with Crippen molar-refractivity contribution in [1.29, 1.82) is 0 Å². The summed E-state index contributed by atoms with van der Waals surface area (Å²) in [5, 5.41) is 3.10. The first-order valence-corrected chi connectivity index (χ1v) is 3.70. The molecule has 1 N–H and O–H groups in total. The lowest BCUT2D eigenvalue weighted by Crippen LogP contribution is -2.41. The van der Waals surface area contributed by atoms with E-state index < -0.39 is 0 Å². The minimum atomic E-state index is 0.178. The van der Waals surface area contributed by atoms with Crippen LogP contribution in [0.2, 0.25) is 0 Å². The van der Waals surface area contributed by atoms with Crippen molar-refractivity contribution in [3.63, 3.8) is 0 Å². The van der Waals surface area contributed by atoms with Crippen molar-refractivity contribution in [3.8, 4) is 0 Å². The molecule has 1 heterocycles. The van der Waals surface area contributed by atoms with Gasteiger partial charge in [-0.25, -0.2) is 0 Å². The van der Waals surface area contributed by atoms with E-state index in [2.05, 4.69) is 5.32 Å². The van der Waals surface area contributed by atoms with Gasteiger partial charge in [0.15, 0.2) is 0 Å². The fourth-order valence-electron chi connectivity index (χ4n) is 1.44. The number of hydrogen-bond acceptors (Lipinski definition) is 2. The van der Waals surface area contributed by atoms with Crippen LogP contribution in [0.1, 0.15) is 19.8 Å². The molecule has 3 heteroatoms. The van der Waals surface area contributed by atoms with E-state index in [0.717, 1.165) is 19.4 Å². The third-order valence-corrected chi connectivity index (χ3v) is 1.99. The molecule has 1 unspecified atom stereocenters. The number of nitrogens with one attached hydrogen (secondary N) is 1. The molecular weight excluding hydrogens is 128 g/mol. The van der Waals surface area contributed by atoms with Crippen LogP contribution in [0.3, 0.4) is 0 Å². The van der Waals surface area contributed by atoms with Gasteiger partial charge in [0.05, 0.1) is 6.17 Å². The molecule has 0 aromatic carbocycles. The number of rotatable bonds is 1. The standard InChI is InChI=1S/C7H14N2O/c1-6(10)9-5-3-4-7(9)8-2/h7-8H,3-5H2,1-2H3. The maximum Gasteiger partial charge on any atom is 0.220 e. The highest BCUT2D eigenvalue weighted by Crippen LogP contribution is 2.13. The van der Waals surface area contributed by atoms with Crippen molar-refractivity contribution in [2.24, 2.45) is 0 Å². The van der Waals surface area contributed by atoms with E-state index in [1.54, 1.807) is 6.92 Å². The zero-order valence-electron chi connectivity index (χ0n) is 6.55. The Bertz CT molecular complexity index is 136. The minimum Gasteiger partial charge on any atom is -0.327 e. The number of carbonyl (C=O) groups is 1. The molecule has 1 atom stereocenters. The Morgan fingerprint density at radius 1 is 1.70 bits per heavy atom. The highest BCUT2D eigenvalue weighted by atomic mass is 16.2. The Labute approximate surface area is 61.4 Å². The number of nitrogens with zero attached hydrogens (tertiary/aromatic N) is 1. The Kier molecular flexibility index (Phi) is 2.27. The SMILES string of the molecule is CNC1CCCN1C(C)=O. The average Bonchev–Trinajstić information content (AvgIpc) is 2.33. The molecule has 0 spiro atoms. The van der Waals surface area contributed by atoms with E-state index in [-0.39, 0.29) is 12.1 Å². The predicted molar refractivity (Wildman–Crippen MR) is 39.5 cm³/mol. The molecule has 0 bridgehead atoms. The molecule has 0 aromatic rings. The van der Waals surface area contributed by atoms with Gasteiger partial charge in [0.1, 0.15) is 0 Å². The molecule has 1 amide bonds. The second-order valence-corrected chi connectivity index (χ2v) is 2.66. The van der Waals surface area contributed by atoms with Crippen LogP contribution in [0, 0.1) is 0 Å². The van der Waals surface area contributed by atoms with Gasteiger partial charge in [-0.05, 0) is 19.9 Å². The van der Waals surface area contributed by atoms with Crippen molar-refractivity contribution < 1.29 is 4.79 Å². The van der Waals surface area contributed by atoms with Crippen LogP contribution in [0.4, 0.5) is 0 Å². The summed E-state index contributed by atoms with van der Waals surface area (Å²) in [6.45, 7) is 2.54. The van der Waals surface area contributed by atoms with Crippen molar-refractivity contribution in [2.75, 3.05) is 13.6 Å². The average molecular weight is 142 g/mol. The Balaban J connectivity index is 2.50. The molecule has 1 fully saturated rings. The van der Waals surface area contributed by atoms with Crippen LogP contribution in [0.25, 0.3) is 0 Å². The van der Waals surface area contributed by atoms with Crippen LogP contribution >= 0.6 is 0 Å². The van der Waals surface area contributed by atoms with Crippen molar-refractivity contribution in [2.45, 2.75) is 25.9 Å².